The highest BCUT2D eigenvalue weighted by molar-refractivity contribution is 6.00. The van der Waals surface area contributed by atoms with Crippen LogP contribution in [0.3, 0.4) is 0 Å². The molecule has 0 radical (unpaired) electrons. The van der Waals surface area contributed by atoms with E-state index in [2.05, 4.69) is 32.4 Å². The number of carbonyl (C=O) groups is 2. The van der Waals surface area contributed by atoms with Gasteiger partial charge in [-0.2, -0.15) is 0 Å². The third-order valence-corrected chi connectivity index (χ3v) is 5.71. The van der Waals surface area contributed by atoms with Crippen LogP contribution in [0, 0.1) is 5.92 Å². The standard InChI is InChI=1S/C25H23N7O2/c1-2-20(33)29-18-11-7-17(8-12-18)23-22(24-25(26)27-14-28-32(24)31-23)16-5-9-19(10-6-16)30-21(34)13-15-3-4-15/h2,5-12,14-15H,1,3-4,13H2,(H,29,33)(H,30,34)(H2,26,27,28). The predicted molar refractivity (Wildman–Crippen MR) is 131 cm³/mol. The van der Waals surface area contributed by atoms with E-state index in [1.807, 2.05) is 36.4 Å². The Morgan fingerprint density at radius 2 is 1.68 bits per heavy atom. The molecule has 0 atom stereocenters. The first-order chi connectivity index (χ1) is 16.5. The second kappa shape index (κ2) is 8.78. The van der Waals surface area contributed by atoms with Gasteiger partial charge >= 0.3 is 0 Å². The van der Waals surface area contributed by atoms with Crippen LogP contribution in [0.4, 0.5) is 17.2 Å². The van der Waals surface area contributed by atoms with E-state index >= 15 is 0 Å². The van der Waals surface area contributed by atoms with Crippen molar-refractivity contribution in [3.63, 3.8) is 0 Å². The topological polar surface area (TPSA) is 127 Å². The van der Waals surface area contributed by atoms with Gasteiger partial charge in [-0.05, 0) is 54.7 Å². The highest BCUT2D eigenvalue weighted by Crippen LogP contribution is 2.37. The molecule has 0 aliphatic heterocycles. The number of hydrogen-bond donors (Lipinski definition) is 3. The summed E-state index contributed by atoms with van der Waals surface area (Å²) in [6, 6.07) is 14.9. The summed E-state index contributed by atoms with van der Waals surface area (Å²) in [6.45, 7) is 3.46. The van der Waals surface area contributed by atoms with Crippen LogP contribution in [0.2, 0.25) is 0 Å². The Labute approximate surface area is 195 Å². The Kier molecular flexibility index (Phi) is 5.51. The lowest BCUT2D eigenvalue weighted by atomic mass is 9.99. The van der Waals surface area contributed by atoms with Gasteiger partial charge in [0, 0.05) is 28.9 Å². The molecule has 5 rings (SSSR count). The molecule has 9 heteroatoms. The number of fused-ring (bicyclic) bond motifs is 1. The molecule has 34 heavy (non-hydrogen) atoms. The number of nitrogen functional groups attached to an aromatic ring is 1. The number of carbonyl (C=O) groups excluding carboxylic acids is 2. The zero-order valence-electron chi connectivity index (χ0n) is 18.4. The zero-order valence-corrected chi connectivity index (χ0v) is 18.4. The smallest absolute Gasteiger partial charge is 0.247 e. The Bertz CT molecular complexity index is 1390. The van der Waals surface area contributed by atoms with Crippen molar-refractivity contribution >= 4 is 34.5 Å². The molecule has 2 aromatic carbocycles. The van der Waals surface area contributed by atoms with Gasteiger partial charge in [0.25, 0.3) is 0 Å². The second-order valence-electron chi connectivity index (χ2n) is 8.25. The lowest BCUT2D eigenvalue weighted by molar-refractivity contribution is -0.116. The van der Waals surface area contributed by atoms with Crippen molar-refractivity contribution in [1.29, 1.82) is 0 Å². The summed E-state index contributed by atoms with van der Waals surface area (Å²) < 4.78 is 1.46. The predicted octanol–water partition coefficient (Wildman–Crippen LogP) is 3.90. The normalized spacial score (nSPS) is 12.9. The second-order valence-corrected chi connectivity index (χ2v) is 8.25. The summed E-state index contributed by atoms with van der Waals surface area (Å²) in [5.41, 5.74) is 11.3. The molecule has 2 aromatic heterocycles. The van der Waals surface area contributed by atoms with E-state index in [1.165, 1.54) is 17.0 Å². The fourth-order valence-corrected chi connectivity index (χ4v) is 3.82. The minimum Gasteiger partial charge on any atom is -0.382 e. The van der Waals surface area contributed by atoms with Crippen molar-refractivity contribution in [3.05, 3.63) is 67.5 Å². The van der Waals surface area contributed by atoms with E-state index in [-0.39, 0.29) is 11.8 Å². The lowest BCUT2D eigenvalue weighted by Crippen LogP contribution is -2.11. The molecule has 1 saturated carbocycles. The number of aromatic nitrogens is 4. The maximum absolute atomic E-state index is 12.2. The summed E-state index contributed by atoms with van der Waals surface area (Å²) in [4.78, 5) is 27.9. The number of amides is 2. The Morgan fingerprint density at radius 1 is 1.03 bits per heavy atom. The van der Waals surface area contributed by atoms with Crippen molar-refractivity contribution < 1.29 is 9.59 Å². The van der Waals surface area contributed by atoms with Gasteiger partial charge in [-0.25, -0.2) is 4.98 Å². The molecule has 4 aromatic rings. The van der Waals surface area contributed by atoms with Gasteiger partial charge in [0.15, 0.2) is 5.82 Å². The minimum atomic E-state index is -0.284. The summed E-state index contributed by atoms with van der Waals surface area (Å²) in [5, 5.41) is 14.6. The first-order valence-corrected chi connectivity index (χ1v) is 11.0. The summed E-state index contributed by atoms with van der Waals surface area (Å²) in [5.74, 6) is 0.585. The summed E-state index contributed by atoms with van der Waals surface area (Å²) in [6.07, 6.45) is 5.41. The molecule has 0 saturated heterocycles. The molecule has 0 unspecified atom stereocenters. The van der Waals surface area contributed by atoms with Crippen LogP contribution in [0.15, 0.2) is 67.5 Å². The van der Waals surface area contributed by atoms with E-state index in [1.54, 1.807) is 12.1 Å². The van der Waals surface area contributed by atoms with Crippen LogP contribution < -0.4 is 16.4 Å². The molecule has 1 fully saturated rings. The van der Waals surface area contributed by atoms with E-state index < -0.39 is 0 Å². The first kappa shape index (κ1) is 21.3. The van der Waals surface area contributed by atoms with Crippen LogP contribution in [0.1, 0.15) is 19.3 Å². The van der Waals surface area contributed by atoms with Crippen molar-refractivity contribution in [1.82, 2.24) is 19.8 Å². The molecule has 0 spiro atoms. The molecule has 2 heterocycles. The van der Waals surface area contributed by atoms with Crippen LogP contribution in [0.25, 0.3) is 27.9 Å². The van der Waals surface area contributed by atoms with Gasteiger partial charge < -0.3 is 16.4 Å². The van der Waals surface area contributed by atoms with Gasteiger partial charge in [0.1, 0.15) is 17.5 Å². The van der Waals surface area contributed by atoms with Gasteiger partial charge in [0.05, 0.1) is 0 Å². The maximum Gasteiger partial charge on any atom is 0.247 e. The van der Waals surface area contributed by atoms with Crippen molar-refractivity contribution in [2.75, 3.05) is 16.4 Å². The fraction of sp³-hybridized carbons (Fsp3) is 0.160. The summed E-state index contributed by atoms with van der Waals surface area (Å²) >= 11 is 0. The Morgan fingerprint density at radius 3 is 2.32 bits per heavy atom. The van der Waals surface area contributed by atoms with Crippen molar-refractivity contribution in [3.8, 4) is 22.4 Å². The third kappa shape index (κ3) is 4.36. The molecule has 1 aliphatic rings. The molecule has 1 aliphatic carbocycles. The SMILES string of the molecule is C=CC(=O)Nc1ccc(-c2nn3ncnc(N)c3c2-c2ccc(NC(=O)CC3CC3)cc2)cc1. The molecule has 2 amide bonds. The van der Waals surface area contributed by atoms with Crippen molar-refractivity contribution in [2.24, 2.45) is 5.92 Å². The largest absolute Gasteiger partial charge is 0.382 e. The van der Waals surface area contributed by atoms with E-state index in [4.69, 9.17) is 5.73 Å². The number of nitrogens with two attached hydrogens (primary N) is 1. The van der Waals surface area contributed by atoms with Crippen LogP contribution in [0.5, 0.6) is 0 Å². The van der Waals surface area contributed by atoms with Gasteiger partial charge in [-0.15, -0.1) is 14.8 Å². The number of benzene rings is 2. The fourth-order valence-electron chi connectivity index (χ4n) is 3.82. The first-order valence-electron chi connectivity index (χ1n) is 11.0. The monoisotopic (exact) mass is 453 g/mol. The molecule has 9 nitrogen and oxygen atoms in total. The van der Waals surface area contributed by atoms with Gasteiger partial charge in [-0.1, -0.05) is 30.8 Å². The number of anilines is 3. The number of rotatable bonds is 7. The average molecular weight is 454 g/mol. The van der Waals surface area contributed by atoms with Gasteiger partial charge in [-0.3, -0.25) is 9.59 Å². The molecular formula is C25H23N7O2. The molecule has 0 bridgehead atoms. The van der Waals surface area contributed by atoms with E-state index in [9.17, 15) is 9.59 Å². The lowest BCUT2D eigenvalue weighted by Gasteiger charge is -2.08. The molecular weight excluding hydrogens is 430 g/mol. The maximum atomic E-state index is 12.2. The highest BCUT2D eigenvalue weighted by atomic mass is 16.2. The van der Waals surface area contributed by atoms with E-state index in [0.717, 1.165) is 35.2 Å². The van der Waals surface area contributed by atoms with Gasteiger partial charge in [0.2, 0.25) is 11.8 Å². The van der Waals surface area contributed by atoms with Crippen LogP contribution in [-0.2, 0) is 9.59 Å². The molecule has 170 valence electrons. The number of nitrogens with one attached hydrogen (secondary N) is 2. The molecule has 4 N–H and O–H groups in total. The Hall–Kier alpha value is -4.53. The quantitative estimate of drug-likeness (QED) is 0.364. The average Bonchev–Trinajstić information content (AvgIpc) is 3.56. The van der Waals surface area contributed by atoms with E-state index in [0.29, 0.717) is 35.1 Å². The highest BCUT2D eigenvalue weighted by Gasteiger charge is 2.24. The minimum absolute atomic E-state index is 0.0354. The number of nitrogens with zero attached hydrogens (tertiary/aromatic N) is 4. The van der Waals surface area contributed by atoms with Crippen LogP contribution in [-0.4, -0.2) is 31.6 Å². The zero-order chi connectivity index (χ0) is 23.7. The third-order valence-electron chi connectivity index (χ3n) is 5.71. The van der Waals surface area contributed by atoms with Crippen molar-refractivity contribution in [2.45, 2.75) is 19.3 Å². The summed E-state index contributed by atoms with van der Waals surface area (Å²) in [7, 11) is 0. The number of hydrogen-bond acceptors (Lipinski definition) is 6. The van der Waals surface area contributed by atoms with Crippen LogP contribution >= 0.6 is 0 Å². The Balaban J connectivity index is 1.51.